The SMILES string of the molecule is CNC(=O)c1ccc([N+](=O)[O-])c(OCCOCCO)c1. The number of benzene rings is 1. The third-order valence-corrected chi connectivity index (χ3v) is 2.37. The van der Waals surface area contributed by atoms with Crippen LogP contribution < -0.4 is 10.1 Å². The van der Waals surface area contributed by atoms with E-state index in [-0.39, 0.29) is 49.3 Å². The van der Waals surface area contributed by atoms with Gasteiger partial charge in [0, 0.05) is 24.7 Å². The monoisotopic (exact) mass is 284 g/mol. The molecule has 0 aliphatic carbocycles. The molecule has 20 heavy (non-hydrogen) atoms. The van der Waals surface area contributed by atoms with E-state index in [9.17, 15) is 14.9 Å². The van der Waals surface area contributed by atoms with Crippen LogP contribution in [0.15, 0.2) is 18.2 Å². The maximum atomic E-state index is 11.5. The molecule has 8 heteroatoms. The molecule has 0 saturated heterocycles. The number of nitrogens with zero attached hydrogens (tertiary/aromatic N) is 1. The zero-order valence-corrected chi connectivity index (χ0v) is 11.0. The fourth-order valence-electron chi connectivity index (χ4n) is 1.44. The molecule has 0 bridgehead atoms. The van der Waals surface area contributed by atoms with Gasteiger partial charge >= 0.3 is 5.69 Å². The third kappa shape index (κ3) is 4.48. The highest BCUT2D eigenvalue weighted by atomic mass is 16.6. The molecule has 0 heterocycles. The van der Waals surface area contributed by atoms with Crippen molar-refractivity contribution in [3.8, 4) is 5.75 Å². The van der Waals surface area contributed by atoms with Crippen LogP contribution in [0, 0.1) is 10.1 Å². The first-order chi connectivity index (χ1) is 9.60. The number of nitro groups is 1. The number of amides is 1. The zero-order valence-electron chi connectivity index (χ0n) is 11.0. The average molecular weight is 284 g/mol. The Hall–Kier alpha value is -2.19. The van der Waals surface area contributed by atoms with Crippen LogP contribution in [0.5, 0.6) is 5.75 Å². The van der Waals surface area contributed by atoms with Crippen LogP contribution in [-0.4, -0.2) is 49.4 Å². The van der Waals surface area contributed by atoms with E-state index in [1.165, 1.54) is 25.2 Å². The molecular formula is C12H16N2O6. The Morgan fingerprint density at radius 2 is 2.15 bits per heavy atom. The number of nitro benzene ring substituents is 1. The van der Waals surface area contributed by atoms with Crippen LogP contribution in [0.2, 0.25) is 0 Å². The highest BCUT2D eigenvalue weighted by molar-refractivity contribution is 5.94. The number of nitrogens with one attached hydrogen (secondary N) is 1. The topological polar surface area (TPSA) is 111 Å². The Morgan fingerprint density at radius 3 is 2.75 bits per heavy atom. The number of carbonyl (C=O) groups excluding carboxylic acids is 1. The van der Waals surface area contributed by atoms with Gasteiger partial charge in [-0.25, -0.2) is 0 Å². The van der Waals surface area contributed by atoms with Gasteiger partial charge in [0.15, 0.2) is 5.75 Å². The van der Waals surface area contributed by atoms with Crippen LogP contribution in [0.4, 0.5) is 5.69 Å². The van der Waals surface area contributed by atoms with Gasteiger partial charge in [-0.05, 0) is 6.07 Å². The first kappa shape index (κ1) is 15.9. The number of carbonyl (C=O) groups is 1. The molecule has 110 valence electrons. The molecular weight excluding hydrogens is 268 g/mol. The summed E-state index contributed by atoms with van der Waals surface area (Å²) in [6, 6.07) is 3.88. The average Bonchev–Trinajstić information content (AvgIpc) is 2.45. The Bertz CT molecular complexity index is 477. The van der Waals surface area contributed by atoms with E-state index in [1.54, 1.807) is 0 Å². The van der Waals surface area contributed by atoms with Crippen molar-refractivity contribution in [1.82, 2.24) is 5.32 Å². The minimum absolute atomic E-state index is 0.00342. The molecule has 0 atom stereocenters. The summed E-state index contributed by atoms with van der Waals surface area (Å²) in [5.41, 5.74) is 0.0455. The van der Waals surface area contributed by atoms with Crippen LogP contribution in [0.1, 0.15) is 10.4 Å². The van der Waals surface area contributed by atoms with Gasteiger partial charge in [-0.1, -0.05) is 0 Å². The van der Waals surface area contributed by atoms with Crippen molar-refractivity contribution in [1.29, 1.82) is 0 Å². The molecule has 1 aromatic rings. The van der Waals surface area contributed by atoms with Crippen molar-refractivity contribution in [2.24, 2.45) is 0 Å². The van der Waals surface area contributed by atoms with Crippen molar-refractivity contribution >= 4 is 11.6 Å². The summed E-state index contributed by atoms with van der Waals surface area (Å²) < 4.78 is 10.2. The van der Waals surface area contributed by atoms with Gasteiger partial charge in [0.2, 0.25) is 0 Å². The number of ether oxygens (including phenoxy) is 2. The highest BCUT2D eigenvalue weighted by Gasteiger charge is 2.17. The molecule has 2 N–H and O–H groups in total. The van der Waals surface area contributed by atoms with Crippen LogP contribution in [-0.2, 0) is 4.74 Å². The predicted octanol–water partition coefficient (Wildman–Crippen LogP) is 0.342. The van der Waals surface area contributed by atoms with Crippen LogP contribution in [0.25, 0.3) is 0 Å². The number of hydrogen-bond donors (Lipinski definition) is 2. The molecule has 0 aliphatic rings. The van der Waals surface area contributed by atoms with Crippen LogP contribution >= 0.6 is 0 Å². The second-order valence-electron chi connectivity index (χ2n) is 3.70. The molecule has 0 fully saturated rings. The molecule has 0 unspecified atom stereocenters. The smallest absolute Gasteiger partial charge is 0.310 e. The summed E-state index contributed by atoms with van der Waals surface area (Å²) in [5, 5.41) is 21.8. The van der Waals surface area contributed by atoms with Crippen molar-refractivity contribution in [2.45, 2.75) is 0 Å². The number of hydrogen-bond acceptors (Lipinski definition) is 6. The molecule has 1 rings (SSSR count). The highest BCUT2D eigenvalue weighted by Crippen LogP contribution is 2.27. The fraction of sp³-hybridized carbons (Fsp3) is 0.417. The lowest BCUT2D eigenvalue weighted by molar-refractivity contribution is -0.385. The van der Waals surface area contributed by atoms with Gasteiger partial charge in [0.25, 0.3) is 5.91 Å². The first-order valence-corrected chi connectivity index (χ1v) is 5.92. The van der Waals surface area contributed by atoms with Gasteiger partial charge < -0.3 is 19.9 Å². The summed E-state index contributed by atoms with van der Waals surface area (Å²) in [6.07, 6.45) is 0. The summed E-state index contributed by atoms with van der Waals surface area (Å²) in [7, 11) is 1.47. The third-order valence-electron chi connectivity index (χ3n) is 2.37. The summed E-state index contributed by atoms with van der Waals surface area (Å²) in [5.74, 6) is -0.357. The van der Waals surface area contributed by atoms with Gasteiger partial charge in [0.05, 0.1) is 24.7 Å². The van der Waals surface area contributed by atoms with Gasteiger partial charge in [-0.15, -0.1) is 0 Å². The quantitative estimate of drug-likeness (QED) is 0.404. The van der Waals surface area contributed by atoms with Crippen molar-refractivity contribution in [3.05, 3.63) is 33.9 Å². The molecule has 0 radical (unpaired) electrons. The standard InChI is InChI=1S/C12H16N2O6/c1-13-12(16)9-2-3-10(14(17)18)11(8-9)20-7-6-19-5-4-15/h2-3,8,15H,4-7H2,1H3,(H,13,16). The Labute approximate surface area is 115 Å². The lowest BCUT2D eigenvalue weighted by Gasteiger charge is -2.08. The molecule has 1 aromatic carbocycles. The number of aliphatic hydroxyl groups is 1. The Morgan fingerprint density at radius 1 is 1.40 bits per heavy atom. The lowest BCUT2D eigenvalue weighted by atomic mass is 10.2. The molecule has 8 nitrogen and oxygen atoms in total. The van der Waals surface area contributed by atoms with E-state index in [2.05, 4.69) is 5.32 Å². The van der Waals surface area contributed by atoms with Crippen molar-refractivity contribution in [3.63, 3.8) is 0 Å². The lowest BCUT2D eigenvalue weighted by Crippen LogP contribution is -2.18. The fourth-order valence-corrected chi connectivity index (χ4v) is 1.44. The number of rotatable bonds is 8. The van der Waals surface area contributed by atoms with Crippen molar-refractivity contribution < 1.29 is 24.3 Å². The van der Waals surface area contributed by atoms with E-state index >= 15 is 0 Å². The maximum Gasteiger partial charge on any atom is 0.310 e. The van der Waals surface area contributed by atoms with Crippen molar-refractivity contribution in [2.75, 3.05) is 33.5 Å². The summed E-state index contributed by atoms with van der Waals surface area (Å²) in [6.45, 7) is 0.329. The Kier molecular flexibility index (Phi) is 6.41. The molecule has 0 spiro atoms. The van der Waals surface area contributed by atoms with Gasteiger partial charge in [-0.2, -0.15) is 0 Å². The minimum atomic E-state index is -0.586. The normalized spacial score (nSPS) is 10.1. The summed E-state index contributed by atoms with van der Waals surface area (Å²) in [4.78, 5) is 21.8. The van der Waals surface area contributed by atoms with E-state index in [0.29, 0.717) is 0 Å². The molecule has 1 amide bonds. The van der Waals surface area contributed by atoms with E-state index in [1.807, 2.05) is 0 Å². The van der Waals surface area contributed by atoms with E-state index in [4.69, 9.17) is 14.6 Å². The maximum absolute atomic E-state index is 11.5. The first-order valence-electron chi connectivity index (χ1n) is 5.92. The van der Waals surface area contributed by atoms with E-state index < -0.39 is 4.92 Å². The van der Waals surface area contributed by atoms with E-state index in [0.717, 1.165) is 0 Å². The Balaban J connectivity index is 2.78. The second kappa shape index (κ2) is 8.08. The molecule has 0 aromatic heterocycles. The molecule has 0 saturated carbocycles. The largest absolute Gasteiger partial charge is 0.484 e. The molecule has 0 aliphatic heterocycles. The zero-order chi connectivity index (χ0) is 15.0. The number of aliphatic hydroxyl groups excluding tert-OH is 1. The minimum Gasteiger partial charge on any atom is -0.484 e. The predicted molar refractivity (Wildman–Crippen MR) is 69.9 cm³/mol. The second-order valence-corrected chi connectivity index (χ2v) is 3.70. The van der Waals surface area contributed by atoms with Gasteiger partial charge in [-0.3, -0.25) is 14.9 Å². The van der Waals surface area contributed by atoms with Gasteiger partial charge in [0.1, 0.15) is 6.61 Å². The summed E-state index contributed by atoms with van der Waals surface area (Å²) >= 11 is 0. The van der Waals surface area contributed by atoms with Crippen LogP contribution in [0.3, 0.4) is 0 Å².